The molecule has 1 aromatic carbocycles. The van der Waals surface area contributed by atoms with Crippen molar-refractivity contribution in [2.24, 2.45) is 5.73 Å². The van der Waals surface area contributed by atoms with Gasteiger partial charge < -0.3 is 15.0 Å². The summed E-state index contributed by atoms with van der Waals surface area (Å²) < 4.78 is 7.18. The van der Waals surface area contributed by atoms with Crippen LogP contribution in [-0.4, -0.2) is 11.7 Å². The highest BCUT2D eigenvalue weighted by Gasteiger charge is 2.04. The molecule has 0 bridgehead atoms. The molecule has 0 unspecified atom stereocenters. The maximum absolute atomic E-state index is 5.69. The fourth-order valence-corrected chi connectivity index (χ4v) is 1.75. The van der Waals surface area contributed by atoms with E-state index in [1.54, 1.807) is 7.11 Å². The van der Waals surface area contributed by atoms with Gasteiger partial charge in [0, 0.05) is 19.9 Å². The molecule has 0 amide bonds. The number of ether oxygens (including phenoxy) is 1. The van der Waals surface area contributed by atoms with Crippen molar-refractivity contribution in [2.45, 2.75) is 13.3 Å². The van der Waals surface area contributed by atoms with Crippen molar-refractivity contribution in [1.29, 1.82) is 0 Å². The molecule has 2 aromatic rings. The third-order valence-electron chi connectivity index (χ3n) is 2.36. The number of methoxy groups -OCH3 is 1. The monoisotopic (exact) mass is 190 g/mol. The molecule has 3 heteroatoms. The first kappa shape index (κ1) is 9.24. The van der Waals surface area contributed by atoms with Crippen LogP contribution in [0.3, 0.4) is 0 Å². The van der Waals surface area contributed by atoms with Gasteiger partial charge in [0.1, 0.15) is 6.73 Å². The molecule has 0 aliphatic carbocycles. The van der Waals surface area contributed by atoms with E-state index < -0.39 is 0 Å². The number of fused-ring (bicyclic) bond motifs is 1. The molecular weight excluding hydrogens is 176 g/mol. The van der Waals surface area contributed by atoms with Crippen LogP contribution in [0.4, 0.5) is 0 Å². The van der Waals surface area contributed by atoms with Crippen LogP contribution in [-0.2, 0) is 18.0 Å². The SMILES string of the molecule is COCn1ccc2cccc(CN)c21. The molecule has 1 aromatic heterocycles. The maximum Gasteiger partial charge on any atom is 0.122 e. The Morgan fingerprint density at radius 1 is 1.36 bits per heavy atom. The first-order valence-corrected chi connectivity index (χ1v) is 4.62. The van der Waals surface area contributed by atoms with Crippen molar-refractivity contribution >= 4 is 10.9 Å². The zero-order valence-electron chi connectivity index (χ0n) is 8.23. The predicted octanol–water partition coefficient (Wildman–Crippen LogP) is 1.70. The first-order chi connectivity index (χ1) is 6.86. The van der Waals surface area contributed by atoms with Gasteiger partial charge in [0.25, 0.3) is 0 Å². The molecule has 0 atom stereocenters. The lowest BCUT2D eigenvalue weighted by Gasteiger charge is -2.06. The molecule has 0 spiro atoms. The fourth-order valence-electron chi connectivity index (χ4n) is 1.75. The number of nitrogens with zero attached hydrogens (tertiary/aromatic N) is 1. The van der Waals surface area contributed by atoms with Gasteiger partial charge in [-0.3, -0.25) is 0 Å². The van der Waals surface area contributed by atoms with Crippen LogP contribution in [0, 0.1) is 0 Å². The van der Waals surface area contributed by atoms with Crippen molar-refractivity contribution in [1.82, 2.24) is 4.57 Å². The summed E-state index contributed by atoms with van der Waals surface area (Å²) in [6, 6.07) is 8.24. The van der Waals surface area contributed by atoms with E-state index in [-0.39, 0.29) is 0 Å². The van der Waals surface area contributed by atoms with Gasteiger partial charge in [0.2, 0.25) is 0 Å². The quantitative estimate of drug-likeness (QED) is 0.800. The minimum absolute atomic E-state index is 0.561. The first-order valence-electron chi connectivity index (χ1n) is 4.62. The average molecular weight is 190 g/mol. The second-order valence-electron chi connectivity index (χ2n) is 3.26. The molecule has 0 fully saturated rings. The summed E-state index contributed by atoms with van der Waals surface area (Å²) in [5.74, 6) is 0. The minimum atomic E-state index is 0.561. The number of aromatic nitrogens is 1. The molecule has 3 nitrogen and oxygen atoms in total. The van der Waals surface area contributed by atoms with Crippen molar-refractivity contribution in [3.05, 3.63) is 36.0 Å². The van der Waals surface area contributed by atoms with Crippen LogP contribution in [0.1, 0.15) is 5.56 Å². The van der Waals surface area contributed by atoms with Crippen molar-refractivity contribution in [3.63, 3.8) is 0 Å². The predicted molar refractivity (Wildman–Crippen MR) is 56.8 cm³/mol. The van der Waals surface area contributed by atoms with E-state index in [9.17, 15) is 0 Å². The zero-order valence-corrected chi connectivity index (χ0v) is 8.23. The van der Waals surface area contributed by atoms with Crippen molar-refractivity contribution in [3.8, 4) is 0 Å². The van der Waals surface area contributed by atoms with Gasteiger partial charge in [-0.15, -0.1) is 0 Å². The molecule has 74 valence electrons. The Morgan fingerprint density at radius 2 is 2.21 bits per heavy atom. The van der Waals surface area contributed by atoms with Gasteiger partial charge in [-0.2, -0.15) is 0 Å². The number of nitrogens with two attached hydrogens (primary N) is 1. The molecule has 0 saturated heterocycles. The molecule has 1 heterocycles. The third kappa shape index (κ3) is 1.41. The maximum atomic E-state index is 5.69. The Balaban J connectivity index is 2.62. The van der Waals surface area contributed by atoms with Crippen LogP contribution in [0.5, 0.6) is 0 Å². The normalized spacial score (nSPS) is 11.0. The van der Waals surface area contributed by atoms with Crippen LogP contribution < -0.4 is 5.73 Å². The largest absolute Gasteiger partial charge is 0.364 e. The van der Waals surface area contributed by atoms with Gasteiger partial charge in [-0.25, -0.2) is 0 Å². The van der Waals surface area contributed by atoms with Gasteiger partial charge in [-0.05, 0) is 17.0 Å². The summed E-state index contributed by atoms with van der Waals surface area (Å²) >= 11 is 0. The topological polar surface area (TPSA) is 40.2 Å². The number of rotatable bonds is 3. The van der Waals surface area contributed by atoms with E-state index in [0.717, 1.165) is 5.56 Å². The lowest BCUT2D eigenvalue weighted by atomic mass is 10.1. The Morgan fingerprint density at radius 3 is 2.93 bits per heavy atom. The van der Waals surface area contributed by atoms with E-state index in [2.05, 4.69) is 22.8 Å². The zero-order chi connectivity index (χ0) is 9.97. The lowest BCUT2D eigenvalue weighted by Crippen LogP contribution is -2.03. The summed E-state index contributed by atoms with van der Waals surface area (Å²) in [7, 11) is 1.69. The Bertz CT molecular complexity index is 434. The molecule has 0 aliphatic heterocycles. The Kier molecular flexibility index (Phi) is 2.52. The van der Waals surface area contributed by atoms with E-state index in [1.165, 1.54) is 10.9 Å². The van der Waals surface area contributed by atoms with Gasteiger partial charge in [0.15, 0.2) is 0 Å². The minimum Gasteiger partial charge on any atom is -0.364 e. The second kappa shape index (κ2) is 3.82. The molecule has 0 radical (unpaired) electrons. The molecule has 2 rings (SSSR count). The molecular formula is C11H14N2O. The summed E-state index contributed by atoms with van der Waals surface area (Å²) in [4.78, 5) is 0. The average Bonchev–Trinajstić information content (AvgIpc) is 2.62. The second-order valence-corrected chi connectivity index (χ2v) is 3.26. The van der Waals surface area contributed by atoms with E-state index in [0.29, 0.717) is 13.3 Å². The fraction of sp³-hybridized carbons (Fsp3) is 0.273. The van der Waals surface area contributed by atoms with Gasteiger partial charge >= 0.3 is 0 Å². The number of hydrogen-bond donors (Lipinski definition) is 1. The Hall–Kier alpha value is -1.32. The molecule has 14 heavy (non-hydrogen) atoms. The third-order valence-corrected chi connectivity index (χ3v) is 2.36. The Labute approximate surface area is 83.1 Å². The highest BCUT2D eigenvalue weighted by Crippen LogP contribution is 2.19. The summed E-state index contributed by atoms with van der Waals surface area (Å²) in [6.07, 6.45) is 2.02. The smallest absolute Gasteiger partial charge is 0.122 e. The van der Waals surface area contributed by atoms with Crippen molar-refractivity contribution in [2.75, 3.05) is 7.11 Å². The number of para-hydroxylation sites is 1. The molecule has 0 saturated carbocycles. The van der Waals surface area contributed by atoms with Gasteiger partial charge in [0.05, 0.1) is 5.52 Å². The van der Waals surface area contributed by atoms with Crippen LogP contribution >= 0.6 is 0 Å². The van der Waals surface area contributed by atoms with Crippen molar-refractivity contribution < 1.29 is 4.74 Å². The molecule has 2 N–H and O–H groups in total. The van der Waals surface area contributed by atoms with Crippen LogP contribution in [0.25, 0.3) is 10.9 Å². The van der Waals surface area contributed by atoms with Crippen LogP contribution in [0.15, 0.2) is 30.5 Å². The summed E-state index contributed by atoms with van der Waals surface area (Å²) in [5.41, 5.74) is 8.02. The lowest BCUT2D eigenvalue weighted by molar-refractivity contribution is 0.135. The summed E-state index contributed by atoms with van der Waals surface area (Å²) in [6.45, 7) is 1.13. The summed E-state index contributed by atoms with van der Waals surface area (Å²) in [5, 5.41) is 1.21. The highest BCUT2D eigenvalue weighted by atomic mass is 16.5. The van der Waals surface area contributed by atoms with Crippen LogP contribution in [0.2, 0.25) is 0 Å². The number of hydrogen-bond acceptors (Lipinski definition) is 2. The standard InChI is InChI=1S/C11H14N2O/c1-14-8-13-6-5-9-3-2-4-10(7-12)11(9)13/h2-6H,7-8,12H2,1H3. The van der Waals surface area contributed by atoms with Gasteiger partial charge in [-0.1, -0.05) is 18.2 Å². The highest BCUT2D eigenvalue weighted by molar-refractivity contribution is 5.83. The van der Waals surface area contributed by atoms with E-state index >= 15 is 0 Å². The van der Waals surface area contributed by atoms with E-state index in [4.69, 9.17) is 10.5 Å². The molecule has 0 aliphatic rings. The van der Waals surface area contributed by atoms with E-state index in [1.807, 2.05) is 12.3 Å². The number of benzene rings is 1.